The Morgan fingerprint density at radius 3 is 2.96 bits per heavy atom. The highest BCUT2D eigenvalue weighted by atomic mass is 32.2. The number of thioether (sulfide) groups is 1. The Kier molecular flexibility index (Phi) is 6.73. The van der Waals surface area contributed by atoms with Crippen molar-refractivity contribution in [2.24, 2.45) is 7.05 Å². The van der Waals surface area contributed by atoms with Crippen LogP contribution in [-0.4, -0.2) is 61.3 Å². The summed E-state index contributed by atoms with van der Waals surface area (Å²) in [6.07, 6.45) is 7.65. The maximum Gasteiger partial charge on any atom is 0.266 e. The number of carbonyl (C=O) groups excluding carboxylic acids is 2. The maximum absolute atomic E-state index is 12.7. The molecule has 0 radical (unpaired) electrons. The average molecular weight is 408 g/mol. The second-order valence-electron chi connectivity index (χ2n) is 6.88. The first-order valence-electron chi connectivity index (χ1n) is 9.28. The van der Waals surface area contributed by atoms with Gasteiger partial charge in [0.2, 0.25) is 5.91 Å². The summed E-state index contributed by atoms with van der Waals surface area (Å²) in [7, 11) is 1.92. The highest BCUT2D eigenvalue weighted by molar-refractivity contribution is 8.26. The van der Waals surface area contributed by atoms with Crippen molar-refractivity contribution in [2.75, 3.05) is 19.7 Å². The van der Waals surface area contributed by atoms with Gasteiger partial charge >= 0.3 is 0 Å². The zero-order chi connectivity index (χ0) is 19.4. The lowest BCUT2D eigenvalue weighted by Crippen LogP contribution is -2.45. The van der Waals surface area contributed by atoms with E-state index in [-0.39, 0.29) is 30.9 Å². The van der Waals surface area contributed by atoms with Crippen molar-refractivity contribution >= 4 is 46.2 Å². The second-order valence-corrected chi connectivity index (χ2v) is 8.55. The molecular formula is C19H25N3O3S2. The molecule has 1 N–H and O–H groups in total. The molecule has 1 unspecified atom stereocenters. The van der Waals surface area contributed by atoms with E-state index >= 15 is 0 Å². The van der Waals surface area contributed by atoms with Crippen molar-refractivity contribution in [3.63, 3.8) is 0 Å². The number of thiocarbonyl (C=S) groups is 1. The Labute approximate surface area is 169 Å². The molecule has 6 nitrogen and oxygen atoms in total. The van der Waals surface area contributed by atoms with Gasteiger partial charge in [-0.15, -0.1) is 0 Å². The molecule has 146 valence electrons. The minimum Gasteiger partial charge on any atom is -0.396 e. The van der Waals surface area contributed by atoms with Gasteiger partial charge in [0.05, 0.1) is 4.91 Å². The molecule has 27 heavy (non-hydrogen) atoms. The van der Waals surface area contributed by atoms with Gasteiger partial charge < -0.3 is 14.6 Å². The number of amides is 2. The van der Waals surface area contributed by atoms with Crippen molar-refractivity contribution in [3.8, 4) is 0 Å². The third kappa shape index (κ3) is 4.62. The van der Waals surface area contributed by atoms with E-state index < -0.39 is 0 Å². The molecule has 0 saturated carbocycles. The molecule has 0 aliphatic carbocycles. The Hall–Kier alpha value is -1.64. The van der Waals surface area contributed by atoms with Gasteiger partial charge in [-0.2, -0.15) is 0 Å². The number of nitrogens with zero attached hydrogens (tertiary/aromatic N) is 3. The number of hydrogen-bond donors (Lipinski definition) is 1. The molecule has 2 aliphatic rings. The van der Waals surface area contributed by atoms with Gasteiger partial charge in [-0.05, 0) is 43.9 Å². The van der Waals surface area contributed by atoms with Gasteiger partial charge in [0.1, 0.15) is 4.32 Å². The third-order valence-corrected chi connectivity index (χ3v) is 6.47. The molecule has 3 rings (SSSR count). The summed E-state index contributed by atoms with van der Waals surface area (Å²) in [6.45, 7) is 1.12. The minimum atomic E-state index is -0.135. The van der Waals surface area contributed by atoms with Gasteiger partial charge in [0.15, 0.2) is 0 Å². The largest absolute Gasteiger partial charge is 0.396 e. The Bertz CT molecular complexity index is 757. The van der Waals surface area contributed by atoms with Crippen LogP contribution in [0.5, 0.6) is 0 Å². The fourth-order valence-corrected chi connectivity index (χ4v) is 4.87. The van der Waals surface area contributed by atoms with Crippen molar-refractivity contribution < 1.29 is 14.7 Å². The number of likely N-dealkylation sites (tertiary alicyclic amines) is 1. The van der Waals surface area contributed by atoms with E-state index in [9.17, 15) is 14.7 Å². The summed E-state index contributed by atoms with van der Waals surface area (Å²) in [4.78, 5) is 29.4. The molecule has 1 aromatic heterocycles. The minimum absolute atomic E-state index is 0.0358. The molecule has 2 amide bonds. The van der Waals surface area contributed by atoms with E-state index in [1.54, 1.807) is 0 Å². The quantitative estimate of drug-likeness (QED) is 0.579. The maximum atomic E-state index is 12.7. The fourth-order valence-electron chi connectivity index (χ4n) is 3.58. The first-order chi connectivity index (χ1) is 13.0. The van der Waals surface area contributed by atoms with Gasteiger partial charge in [0, 0.05) is 51.1 Å². The number of aliphatic hydroxyl groups is 1. The SMILES string of the molecule is Cn1cccc1C=C1SC(=S)N(CCC(=O)N2CCCCC2CCO)C1=O. The lowest BCUT2D eigenvalue weighted by atomic mass is 9.99. The Balaban J connectivity index is 1.61. The van der Waals surface area contributed by atoms with E-state index in [1.807, 2.05) is 40.9 Å². The van der Waals surface area contributed by atoms with Gasteiger partial charge in [-0.25, -0.2) is 0 Å². The van der Waals surface area contributed by atoms with E-state index in [2.05, 4.69) is 0 Å². The van der Waals surface area contributed by atoms with E-state index in [0.29, 0.717) is 22.2 Å². The Morgan fingerprint density at radius 1 is 1.44 bits per heavy atom. The van der Waals surface area contributed by atoms with Crippen LogP contribution in [0, 0.1) is 0 Å². The van der Waals surface area contributed by atoms with Crippen LogP contribution in [0.4, 0.5) is 0 Å². The molecular weight excluding hydrogens is 382 g/mol. The number of aryl methyl sites for hydroxylation is 1. The molecule has 8 heteroatoms. The van der Waals surface area contributed by atoms with Crippen molar-refractivity contribution in [1.82, 2.24) is 14.4 Å². The predicted octanol–water partition coefficient (Wildman–Crippen LogP) is 2.38. The standard InChI is InChI=1S/C19H25N3O3S2/c1-20-9-4-6-15(20)13-16-18(25)22(19(26)27-16)11-7-17(24)21-10-3-2-5-14(21)8-12-23/h4,6,9,13-14,23H,2-3,5,7-8,10-12H2,1H3. The summed E-state index contributed by atoms with van der Waals surface area (Å²) in [5.74, 6) is -0.0989. The Morgan fingerprint density at radius 2 is 2.26 bits per heavy atom. The zero-order valence-electron chi connectivity index (χ0n) is 15.5. The predicted molar refractivity (Wildman–Crippen MR) is 111 cm³/mol. The summed E-state index contributed by atoms with van der Waals surface area (Å²) in [6, 6.07) is 3.97. The fraction of sp³-hybridized carbons (Fsp3) is 0.526. The van der Waals surface area contributed by atoms with Crippen LogP contribution in [0.2, 0.25) is 0 Å². The molecule has 2 saturated heterocycles. The highest BCUT2D eigenvalue weighted by Gasteiger charge is 2.33. The zero-order valence-corrected chi connectivity index (χ0v) is 17.1. The van der Waals surface area contributed by atoms with Crippen LogP contribution < -0.4 is 0 Å². The number of aliphatic hydroxyl groups excluding tert-OH is 1. The van der Waals surface area contributed by atoms with Gasteiger partial charge in [-0.1, -0.05) is 24.0 Å². The third-order valence-electron chi connectivity index (χ3n) is 5.10. The first kappa shape index (κ1) is 20.1. The van der Waals surface area contributed by atoms with E-state index in [1.165, 1.54) is 16.7 Å². The first-order valence-corrected chi connectivity index (χ1v) is 10.5. The smallest absolute Gasteiger partial charge is 0.266 e. The molecule has 3 heterocycles. The molecule has 2 aliphatic heterocycles. The molecule has 2 fully saturated rings. The molecule has 1 aromatic rings. The lowest BCUT2D eigenvalue weighted by molar-refractivity contribution is -0.135. The number of hydrogen-bond acceptors (Lipinski definition) is 5. The summed E-state index contributed by atoms with van der Waals surface area (Å²) < 4.78 is 2.44. The second kappa shape index (κ2) is 9.03. The van der Waals surface area contributed by atoms with Crippen LogP contribution in [0.3, 0.4) is 0 Å². The van der Waals surface area contributed by atoms with Crippen LogP contribution in [-0.2, 0) is 16.6 Å². The summed E-state index contributed by atoms with van der Waals surface area (Å²) in [5.41, 5.74) is 0.937. The highest BCUT2D eigenvalue weighted by Crippen LogP contribution is 2.32. The summed E-state index contributed by atoms with van der Waals surface area (Å²) >= 11 is 6.64. The number of aromatic nitrogens is 1. The van der Waals surface area contributed by atoms with Gasteiger partial charge in [0.25, 0.3) is 5.91 Å². The normalized spacial score (nSPS) is 22.1. The molecule has 1 atom stereocenters. The van der Waals surface area contributed by atoms with E-state index in [0.717, 1.165) is 31.5 Å². The number of carbonyl (C=O) groups is 2. The average Bonchev–Trinajstić information content (AvgIpc) is 3.17. The topological polar surface area (TPSA) is 65.8 Å². The number of piperidine rings is 1. The van der Waals surface area contributed by atoms with Crippen LogP contribution in [0.25, 0.3) is 6.08 Å². The summed E-state index contributed by atoms with van der Waals surface area (Å²) in [5, 5.41) is 9.23. The van der Waals surface area contributed by atoms with Crippen LogP contribution >= 0.6 is 24.0 Å². The van der Waals surface area contributed by atoms with E-state index in [4.69, 9.17) is 12.2 Å². The van der Waals surface area contributed by atoms with Crippen LogP contribution in [0.15, 0.2) is 23.2 Å². The number of rotatable bonds is 6. The molecule has 0 bridgehead atoms. The van der Waals surface area contributed by atoms with Gasteiger partial charge in [-0.3, -0.25) is 14.5 Å². The van der Waals surface area contributed by atoms with Crippen molar-refractivity contribution in [1.29, 1.82) is 0 Å². The van der Waals surface area contributed by atoms with Crippen molar-refractivity contribution in [3.05, 3.63) is 28.9 Å². The lowest BCUT2D eigenvalue weighted by Gasteiger charge is -2.36. The van der Waals surface area contributed by atoms with Crippen LogP contribution in [0.1, 0.15) is 37.8 Å². The van der Waals surface area contributed by atoms with Crippen molar-refractivity contribution in [2.45, 2.75) is 38.1 Å². The monoisotopic (exact) mass is 407 g/mol. The molecule has 0 spiro atoms. The molecule has 0 aromatic carbocycles.